The van der Waals surface area contributed by atoms with E-state index in [1.807, 2.05) is 0 Å². The first-order valence-corrected chi connectivity index (χ1v) is 7.29. The Hall–Kier alpha value is -1.64. The lowest BCUT2D eigenvalue weighted by molar-refractivity contribution is -0.142. The molecule has 0 fully saturated rings. The number of carbonyl (C=O) groups excluding carboxylic acids is 1. The highest BCUT2D eigenvalue weighted by Gasteiger charge is 2.17. The summed E-state index contributed by atoms with van der Waals surface area (Å²) in [7, 11) is -2.84. The van der Waals surface area contributed by atoms with Gasteiger partial charge in [0.05, 0.1) is 18.6 Å². The van der Waals surface area contributed by atoms with Gasteiger partial charge in [0.1, 0.15) is 5.75 Å². The van der Waals surface area contributed by atoms with E-state index in [9.17, 15) is 13.2 Å². The van der Waals surface area contributed by atoms with E-state index >= 15 is 0 Å². The molecule has 0 amide bonds. The summed E-state index contributed by atoms with van der Waals surface area (Å²) < 4.78 is 37.7. The molecule has 1 rings (SSSR count). The van der Waals surface area contributed by atoms with Gasteiger partial charge in [-0.15, -0.1) is 0 Å². The second kappa shape index (κ2) is 7.83. The van der Waals surface area contributed by atoms with Crippen LogP contribution in [0.1, 0.15) is 6.42 Å². The Morgan fingerprint density at radius 2 is 1.90 bits per heavy atom. The largest absolute Gasteiger partial charge is 0.494 e. The van der Waals surface area contributed by atoms with Crippen LogP contribution < -0.4 is 10.5 Å². The first kappa shape index (κ1) is 16.4. The number of carbonyl (C=O) groups is 1. The Morgan fingerprint density at radius 1 is 1.25 bits per heavy atom. The quantitative estimate of drug-likeness (QED) is 0.418. The molecule has 0 saturated heterocycles. The molecule has 1 aromatic carbocycles. The molecular weight excluding hydrogens is 286 g/mol. The normalized spacial score (nSPS) is 11.1. The van der Waals surface area contributed by atoms with Crippen LogP contribution in [-0.4, -0.2) is 41.3 Å². The third-order valence-electron chi connectivity index (χ3n) is 2.29. The van der Waals surface area contributed by atoms with Gasteiger partial charge >= 0.3 is 5.97 Å². The van der Waals surface area contributed by atoms with Crippen molar-refractivity contribution in [2.24, 2.45) is 5.73 Å². The number of benzene rings is 1. The number of hydrogen-bond acceptors (Lipinski definition) is 7. The van der Waals surface area contributed by atoms with Crippen LogP contribution in [0.4, 0.5) is 0 Å². The molecular formula is C12H17NO6S. The van der Waals surface area contributed by atoms with E-state index in [1.54, 1.807) is 0 Å². The van der Waals surface area contributed by atoms with E-state index in [-0.39, 0.29) is 4.90 Å². The summed E-state index contributed by atoms with van der Waals surface area (Å²) in [6.45, 7) is 0.322. The van der Waals surface area contributed by atoms with Gasteiger partial charge in [-0.2, -0.15) is 8.42 Å². The molecule has 0 atom stereocenters. The van der Waals surface area contributed by atoms with Crippen LogP contribution in [0, 0.1) is 0 Å². The van der Waals surface area contributed by atoms with Crippen molar-refractivity contribution < 1.29 is 26.9 Å². The molecule has 0 unspecified atom stereocenters. The number of nitrogens with two attached hydrogens (primary N) is 1. The lowest BCUT2D eigenvalue weighted by Gasteiger charge is -2.07. The zero-order valence-electron chi connectivity index (χ0n) is 11.1. The fourth-order valence-electron chi connectivity index (χ4n) is 1.23. The van der Waals surface area contributed by atoms with Gasteiger partial charge in [0, 0.05) is 0 Å². The second-order valence-electron chi connectivity index (χ2n) is 3.75. The first-order valence-electron chi connectivity index (χ1n) is 5.89. The van der Waals surface area contributed by atoms with Crippen LogP contribution in [0.25, 0.3) is 0 Å². The lowest BCUT2D eigenvalue weighted by Crippen LogP contribution is -2.15. The molecule has 7 nitrogen and oxygen atoms in total. The molecule has 2 N–H and O–H groups in total. The van der Waals surface area contributed by atoms with Crippen LogP contribution in [0.2, 0.25) is 0 Å². The van der Waals surface area contributed by atoms with Crippen molar-refractivity contribution in [3.63, 3.8) is 0 Å². The van der Waals surface area contributed by atoms with E-state index in [0.29, 0.717) is 25.3 Å². The van der Waals surface area contributed by atoms with Gasteiger partial charge in [0.25, 0.3) is 10.1 Å². The van der Waals surface area contributed by atoms with Crippen LogP contribution >= 0.6 is 0 Å². The number of ether oxygens (including phenoxy) is 2. The zero-order valence-corrected chi connectivity index (χ0v) is 11.9. The van der Waals surface area contributed by atoms with Gasteiger partial charge in [0.2, 0.25) is 0 Å². The fourth-order valence-corrected chi connectivity index (χ4v) is 2.09. The van der Waals surface area contributed by atoms with Gasteiger partial charge in [-0.25, -0.2) is 4.79 Å². The minimum Gasteiger partial charge on any atom is -0.494 e. The Morgan fingerprint density at radius 3 is 2.45 bits per heavy atom. The van der Waals surface area contributed by atoms with Crippen LogP contribution in [0.15, 0.2) is 29.2 Å². The average Bonchev–Trinajstić information content (AvgIpc) is 2.45. The predicted molar refractivity (Wildman–Crippen MR) is 70.8 cm³/mol. The number of methoxy groups -OCH3 is 1. The highest BCUT2D eigenvalue weighted by Crippen LogP contribution is 2.17. The van der Waals surface area contributed by atoms with E-state index in [2.05, 4.69) is 8.92 Å². The predicted octanol–water partition coefficient (Wildman–Crippen LogP) is 0.292. The molecule has 8 heteroatoms. The van der Waals surface area contributed by atoms with Gasteiger partial charge in [0.15, 0.2) is 6.61 Å². The Bertz CT molecular complexity index is 525. The highest BCUT2D eigenvalue weighted by atomic mass is 32.2. The Labute approximate surface area is 117 Å². The van der Waals surface area contributed by atoms with Crippen molar-refractivity contribution in [2.45, 2.75) is 11.3 Å². The average molecular weight is 303 g/mol. The maximum Gasteiger partial charge on any atom is 0.333 e. The highest BCUT2D eigenvalue weighted by molar-refractivity contribution is 7.86. The van der Waals surface area contributed by atoms with Gasteiger partial charge in [-0.05, 0) is 37.2 Å². The number of rotatable bonds is 8. The minimum atomic E-state index is -3.98. The van der Waals surface area contributed by atoms with Crippen molar-refractivity contribution in [3.8, 4) is 5.75 Å². The monoisotopic (exact) mass is 303 g/mol. The molecule has 0 radical (unpaired) electrons. The zero-order chi connectivity index (χ0) is 15.0. The van der Waals surface area contributed by atoms with Crippen LogP contribution in [-0.2, 0) is 23.8 Å². The molecule has 0 heterocycles. The molecule has 0 aliphatic carbocycles. The summed E-state index contributed by atoms with van der Waals surface area (Å²) in [5, 5.41) is 0. The fraction of sp³-hybridized carbons (Fsp3) is 0.417. The molecule has 0 bridgehead atoms. The first-order chi connectivity index (χ1) is 9.49. The summed E-state index contributed by atoms with van der Waals surface area (Å²) in [6, 6.07) is 5.69. The van der Waals surface area contributed by atoms with E-state index < -0.39 is 22.7 Å². The van der Waals surface area contributed by atoms with Gasteiger partial charge in [-0.1, -0.05) is 0 Å². The third-order valence-corrected chi connectivity index (χ3v) is 3.57. The summed E-state index contributed by atoms with van der Waals surface area (Å²) in [4.78, 5) is 10.8. The van der Waals surface area contributed by atoms with Crippen LogP contribution in [0.3, 0.4) is 0 Å². The van der Waals surface area contributed by atoms with Gasteiger partial charge < -0.3 is 15.2 Å². The molecule has 1 aromatic rings. The molecule has 0 spiro atoms. The standard InChI is InChI=1S/C12H17NO6S/c1-17-12(14)9-19-20(15,16)11-5-3-10(4-6-11)18-8-2-7-13/h3-6H,2,7-9,13H2,1H3. The van der Waals surface area contributed by atoms with Gasteiger partial charge in [-0.3, -0.25) is 4.18 Å². The molecule has 0 aliphatic rings. The van der Waals surface area contributed by atoms with Crippen LogP contribution in [0.5, 0.6) is 5.75 Å². The van der Waals surface area contributed by atoms with E-state index in [0.717, 1.165) is 7.11 Å². The summed E-state index contributed by atoms with van der Waals surface area (Å²) in [5.74, 6) is -0.235. The smallest absolute Gasteiger partial charge is 0.333 e. The lowest BCUT2D eigenvalue weighted by atomic mass is 10.3. The Kier molecular flexibility index (Phi) is 6.43. The van der Waals surface area contributed by atoms with Crippen molar-refractivity contribution in [2.75, 3.05) is 26.9 Å². The third kappa shape index (κ3) is 5.16. The van der Waals surface area contributed by atoms with Crippen molar-refractivity contribution in [1.29, 1.82) is 0 Å². The summed E-state index contributed by atoms with van der Waals surface area (Å²) >= 11 is 0. The maximum absolute atomic E-state index is 11.7. The topological polar surface area (TPSA) is 105 Å². The SMILES string of the molecule is COC(=O)COS(=O)(=O)c1ccc(OCCCN)cc1. The number of hydrogen-bond donors (Lipinski definition) is 1. The van der Waals surface area contributed by atoms with Crippen molar-refractivity contribution >= 4 is 16.1 Å². The summed E-state index contributed by atoms with van der Waals surface area (Å²) in [5.41, 5.74) is 5.33. The molecule has 20 heavy (non-hydrogen) atoms. The van der Waals surface area contributed by atoms with E-state index in [1.165, 1.54) is 24.3 Å². The molecule has 112 valence electrons. The second-order valence-corrected chi connectivity index (χ2v) is 5.37. The minimum absolute atomic E-state index is 0.0624. The summed E-state index contributed by atoms with van der Waals surface area (Å²) in [6.07, 6.45) is 0.711. The van der Waals surface area contributed by atoms with Crippen molar-refractivity contribution in [3.05, 3.63) is 24.3 Å². The van der Waals surface area contributed by atoms with E-state index in [4.69, 9.17) is 10.5 Å². The molecule has 0 aromatic heterocycles. The molecule has 0 aliphatic heterocycles. The van der Waals surface area contributed by atoms with Crippen molar-refractivity contribution in [1.82, 2.24) is 0 Å². The maximum atomic E-state index is 11.7. The molecule has 0 saturated carbocycles. The Balaban J connectivity index is 2.64. The number of esters is 1.